The van der Waals surface area contributed by atoms with E-state index in [-0.39, 0.29) is 0 Å². The van der Waals surface area contributed by atoms with Gasteiger partial charge in [-0.2, -0.15) is 0 Å². The van der Waals surface area contributed by atoms with Gasteiger partial charge in [-0.05, 0) is 52.0 Å². The molecule has 2 aromatic rings. The van der Waals surface area contributed by atoms with Crippen LogP contribution in [0.4, 0.5) is 0 Å². The van der Waals surface area contributed by atoms with Crippen LogP contribution in [0.3, 0.4) is 0 Å². The average Bonchev–Trinajstić information content (AvgIpc) is 2.73. The van der Waals surface area contributed by atoms with Gasteiger partial charge in [-0.3, -0.25) is 0 Å². The molecule has 1 unspecified atom stereocenters. The topological polar surface area (TPSA) is 33.4 Å². The SMILES string of the molecule is Cc1ccsc1C(O)c1ccc(Br)o1. The van der Waals surface area contributed by atoms with Gasteiger partial charge in [0, 0.05) is 4.88 Å². The van der Waals surface area contributed by atoms with E-state index in [2.05, 4.69) is 15.9 Å². The molecule has 0 fully saturated rings. The summed E-state index contributed by atoms with van der Waals surface area (Å²) in [6, 6.07) is 5.54. The molecule has 0 amide bonds. The van der Waals surface area contributed by atoms with E-state index in [1.807, 2.05) is 18.4 Å². The molecule has 74 valence electrons. The van der Waals surface area contributed by atoms with Crippen LogP contribution in [0.1, 0.15) is 22.3 Å². The van der Waals surface area contributed by atoms with Gasteiger partial charge in [0.2, 0.25) is 0 Å². The molecule has 2 rings (SSSR count). The highest BCUT2D eigenvalue weighted by Crippen LogP contribution is 2.31. The summed E-state index contributed by atoms with van der Waals surface area (Å²) in [6.07, 6.45) is -0.652. The van der Waals surface area contributed by atoms with Gasteiger partial charge >= 0.3 is 0 Å². The second-order valence-corrected chi connectivity index (χ2v) is 4.74. The van der Waals surface area contributed by atoms with E-state index in [4.69, 9.17) is 4.42 Å². The van der Waals surface area contributed by atoms with E-state index in [0.717, 1.165) is 10.4 Å². The maximum absolute atomic E-state index is 9.97. The summed E-state index contributed by atoms with van der Waals surface area (Å²) in [5.74, 6) is 0.572. The Hall–Kier alpha value is -0.580. The monoisotopic (exact) mass is 272 g/mol. The van der Waals surface area contributed by atoms with Crippen LogP contribution in [-0.4, -0.2) is 5.11 Å². The van der Waals surface area contributed by atoms with Crippen molar-refractivity contribution in [3.05, 3.63) is 44.4 Å². The average molecular weight is 273 g/mol. The zero-order chi connectivity index (χ0) is 10.1. The van der Waals surface area contributed by atoms with Crippen LogP contribution in [-0.2, 0) is 0 Å². The zero-order valence-corrected chi connectivity index (χ0v) is 9.93. The Bertz CT molecular complexity index is 433. The van der Waals surface area contributed by atoms with Gasteiger partial charge in [-0.1, -0.05) is 0 Å². The molecule has 2 aromatic heterocycles. The third-order valence-corrected chi connectivity index (χ3v) is 3.51. The van der Waals surface area contributed by atoms with E-state index < -0.39 is 6.10 Å². The molecule has 1 atom stereocenters. The van der Waals surface area contributed by atoms with Crippen LogP contribution in [0, 0.1) is 6.92 Å². The predicted octanol–water partition coefficient (Wildman–Crippen LogP) is 3.49. The summed E-state index contributed by atoms with van der Waals surface area (Å²) in [6.45, 7) is 1.98. The van der Waals surface area contributed by atoms with Crippen LogP contribution in [0.2, 0.25) is 0 Å². The standard InChI is InChI=1S/C10H9BrO2S/c1-6-4-5-14-10(6)9(12)7-2-3-8(11)13-7/h2-5,9,12H,1H3. The Morgan fingerprint density at radius 3 is 2.71 bits per heavy atom. The van der Waals surface area contributed by atoms with E-state index in [9.17, 15) is 5.11 Å². The highest BCUT2D eigenvalue weighted by atomic mass is 79.9. The largest absolute Gasteiger partial charge is 0.451 e. The van der Waals surface area contributed by atoms with Crippen molar-refractivity contribution >= 4 is 27.3 Å². The first kappa shape index (κ1) is 9.96. The lowest BCUT2D eigenvalue weighted by Gasteiger charge is -2.05. The number of hydrogen-bond acceptors (Lipinski definition) is 3. The maximum Gasteiger partial charge on any atom is 0.169 e. The molecular weight excluding hydrogens is 264 g/mol. The van der Waals surface area contributed by atoms with Gasteiger partial charge in [-0.25, -0.2) is 0 Å². The van der Waals surface area contributed by atoms with Crippen LogP contribution in [0.25, 0.3) is 0 Å². The van der Waals surface area contributed by atoms with Gasteiger partial charge < -0.3 is 9.52 Å². The highest BCUT2D eigenvalue weighted by molar-refractivity contribution is 9.10. The Morgan fingerprint density at radius 1 is 1.43 bits per heavy atom. The molecular formula is C10H9BrO2S. The van der Waals surface area contributed by atoms with Crippen LogP contribution >= 0.6 is 27.3 Å². The summed E-state index contributed by atoms with van der Waals surface area (Å²) in [5.41, 5.74) is 1.09. The van der Waals surface area contributed by atoms with Crippen molar-refractivity contribution in [3.63, 3.8) is 0 Å². The fourth-order valence-corrected chi connectivity index (χ4v) is 2.51. The summed E-state index contributed by atoms with van der Waals surface area (Å²) in [4.78, 5) is 0.937. The molecule has 0 spiro atoms. The molecule has 0 saturated heterocycles. The molecule has 4 heteroatoms. The first-order valence-corrected chi connectivity index (χ1v) is 5.83. The maximum atomic E-state index is 9.97. The minimum Gasteiger partial charge on any atom is -0.451 e. The molecule has 0 bridgehead atoms. The highest BCUT2D eigenvalue weighted by Gasteiger charge is 2.17. The fraction of sp³-hybridized carbons (Fsp3) is 0.200. The van der Waals surface area contributed by atoms with Crippen molar-refractivity contribution in [2.45, 2.75) is 13.0 Å². The van der Waals surface area contributed by atoms with Crippen molar-refractivity contribution < 1.29 is 9.52 Å². The van der Waals surface area contributed by atoms with Gasteiger partial charge in [0.1, 0.15) is 11.9 Å². The van der Waals surface area contributed by atoms with Crippen molar-refractivity contribution in [2.75, 3.05) is 0 Å². The fourth-order valence-electron chi connectivity index (χ4n) is 1.27. The second kappa shape index (κ2) is 3.88. The lowest BCUT2D eigenvalue weighted by molar-refractivity contribution is 0.190. The minimum absolute atomic E-state index is 0.572. The summed E-state index contributed by atoms with van der Waals surface area (Å²) in [5, 5.41) is 11.9. The first-order chi connectivity index (χ1) is 6.68. The van der Waals surface area contributed by atoms with Crippen LogP contribution in [0.15, 0.2) is 32.7 Å². The smallest absolute Gasteiger partial charge is 0.169 e. The lowest BCUT2D eigenvalue weighted by atomic mass is 10.2. The Labute approximate surface area is 94.3 Å². The molecule has 2 nitrogen and oxygen atoms in total. The number of halogens is 1. The predicted molar refractivity (Wildman–Crippen MR) is 59.5 cm³/mol. The first-order valence-electron chi connectivity index (χ1n) is 4.16. The number of thiophene rings is 1. The lowest BCUT2D eigenvalue weighted by Crippen LogP contribution is -1.96. The number of hydrogen-bond donors (Lipinski definition) is 1. The van der Waals surface area contributed by atoms with Crippen molar-refractivity contribution in [1.29, 1.82) is 0 Å². The number of aliphatic hydroxyl groups excluding tert-OH is 1. The minimum atomic E-state index is -0.652. The Balaban J connectivity index is 2.33. The van der Waals surface area contributed by atoms with E-state index >= 15 is 0 Å². The molecule has 0 radical (unpaired) electrons. The summed E-state index contributed by atoms with van der Waals surface area (Å²) in [7, 11) is 0. The Morgan fingerprint density at radius 2 is 2.21 bits per heavy atom. The zero-order valence-electron chi connectivity index (χ0n) is 7.53. The van der Waals surface area contributed by atoms with Crippen molar-refractivity contribution in [2.24, 2.45) is 0 Å². The van der Waals surface area contributed by atoms with E-state index in [0.29, 0.717) is 10.4 Å². The van der Waals surface area contributed by atoms with Gasteiger partial charge in [0.25, 0.3) is 0 Å². The molecule has 0 aliphatic carbocycles. The number of aliphatic hydroxyl groups is 1. The molecule has 2 heterocycles. The summed E-state index contributed by atoms with van der Waals surface area (Å²) >= 11 is 4.74. The Kier molecular flexibility index (Phi) is 2.76. The van der Waals surface area contributed by atoms with Crippen molar-refractivity contribution in [3.8, 4) is 0 Å². The third kappa shape index (κ3) is 1.78. The van der Waals surface area contributed by atoms with Crippen LogP contribution in [0.5, 0.6) is 0 Å². The third-order valence-electron chi connectivity index (χ3n) is 2.01. The quantitative estimate of drug-likeness (QED) is 0.908. The molecule has 0 aliphatic heterocycles. The molecule has 14 heavy (non-hydrogen) atoms. The van der Waals surface area contributed by atoms with Gasteiger partial charge in [0.05, 0.1) is 0 Å². The molecule has 0 saturated carbocycles. The number of rotatable bonds is 2. The number of aryl methyl sites for hydroxylation is 1. The summed E-state index contributed by atoms with van der Waals surface area (Å²) < 4.78 is 5.94. The van der Waals surface area contributed by atoms with Gasteiger partial charge in [0.15, 0.2) is 4.67 Å². The van der Waals surface area contributed by atoms with Crippen molar-refractivity contribution in [1.82, 2.24) is 0 Å². The van der Waals surface area contributed by atoms with E-state index in [1.165, 1.54) is 11.3 Å². The van der Waals surface area contributed by atoms with Crippen LogP contribution < -0.4 is 0 Å². The number of furan rings is 1. The van der Waals surface area contributed by atoms with Gasteiger partial charge in [-0.15, -0.1) is 11.3 Å². The van der Waals surface area contributed by atoms with E-state index in [1.54, 1.807) is 12.1 Å². The molecule has 0 aliphatic rings. The molecule has 0 aromatic carbocycles. The second-order valence-electron chi connectivity index (χ2n) is 3.01. The normalized spacial score (nSPS) is 13.1. The molecule has 1 N–H and O–H groups in total.